The second-order valence-electron chi connectivity index (χ2n) is 4.88. The molecule has 0 bridgehead atoms. The first-order valence-electron chi connectivity index (χ1n) is 6.25. The molecule has 0 aromatic heterocycles. The molecule has 3 nitrogen and oxygen atoms in total. The molecule has 0 unspecified atom stereocenters. The molecule has 2 aromatic rings. The maximum atomic E-state index is 13.3. The number of amides is 2. The van der Waals surface area contributed by atoms with E-state index in [4.69, 9.17) is 0 Å². The fourth-order valence-corrected chi connectivity index (χ4v) is 2.57. The molecule has 0 saturated carbocycles. The summed E-state index contributed by atoms with van der Waals surface area (Å²) < 4.78 is 13.3. The van der Waals surface area contributed by atoms with Gasteiger partial charge in [-0.2, -0.15) is 0 Å². The van der Waals surface area contributed by atoms with Crippen molar-refractivity contribution < 1.29 is 14.0 Å². The second kappa shape index (κ2) is 4.27. The Morgan fingerprint density at radius 3 is 2.15 bits per heavy atom. The number of carbonyl (C=O) groups excluding carboxylic acids is 2. The number of halogens is 1. The van der Waals surface area contributed by atoms with Gasteiger partial charge in [0, 0.05) is 0 Å². The lowest BCUT2D eigenvalue weighted by molar-refractivity contribution is 0.0925. The molecule has 1 aliphatic rings. The third-order valence-electron chi connectivity index (χ3n) is 3.51. The number of hydrogen-bond acceptors (Lipinski definition) is 2. The van der Waals surface area contributed by atoms with E-state index in [2.05, 4.69) is 0 Å². The van der Waals surface area contributed by atoms with Crippen LogP contribution in [0.5, 0.6) is 0 Å². The van der Waals surface area contributed by atoms with E-state index in [-0.39, 0.29) is 11.1 Å². The fourth-order valence-electron chi connectivity index (χ4n) is 2.57. The van der Waals surface area contributed by atoms with Crippen molar-refractivity contribution in [2.75, 3.05) is 4.90 Å². The highest BCUT2D eigenvalue weighted by Gasteiger charge is 2.38. The Kier molecular flexibility index (Phi) is 2.67. The molecule has 2 aromatic carbocycles. The Bertz CT molecular complexity index is 732. The summed E-state index contributed by atoms with van der Waals surface area (Å²) in [7, 11) is 0. The molecule has 1 heterocycles. The van der Waals surface area contributed by atoms with E-state index in [1.54, 1.807) is 0 Å². The van der Waals surface area contributed by atoms with Crippen molar-refractivity contribution in [1.29, 1.82) is 0 Å². The van der Waals surface area contributed by atoms with E-state index in [1.165, 1.54) is 12.1 Å². The maximum Gasteiger partial charge on any atom is 0.266 e. The van der Waals surface area contributed by atoms with Gasteiger partial charge in [0.2, 0.25) is 0 Å². The molecule has 0 aliphatic carbocycles. The predicted molar refractivity (Wildman–Crippen MR) is 73.5 cm³/mol. The molecular formula is C16H12FNO2. The summed E-state index contributed by atoms with van der Waals surface area (Å²) in [5.41, 5.74) is 2.62. The lowest BCUT2D eigenvalue weighted by Crippen LogP contribution is -2.30. The monoisotopic (exact) mass is 269 g/mol. The summed E-state index contributed by atoms with van der Waals surface area (Å²) in [5.74, 6) is -1.39. The third-order valence-corrected chi connectivity index (χ3v) is 3.51. The van der Waals surface area contributed by atoms with Gasteiger partial charge in [0.15, 0.2) is 0 Å². The Balaban J connectivity index is 2.20. The topological polar surface area (TPSA) is 37.4 Å². The molecule has 100 valence electrons. The number of para-hydroxylation sites is 1. The number of nitrogens with zero attached hydrogens (tertiary/aromatic N) is 1. The van der Waals surface area contributed by atoms with Crippen molar-refractivity contribution >= 4 is 17.5 Å². The zero-order valence-electron chi connectivity index (χ0n) is 11.1. The van der Waals surface area contributed by atoms with Crippen LogP contribution in [0.1, 0.15) is 31.8 Å². The number of aryl methyl sites for hydroxylation is 2. The third kappa shape index (κ3) is 1.65. The molecule has 0 N–H and O–H groups in total. The number of carbonyl (C=O) groups is 2. The van der Waals surface area contributed by atoms with E-state index in [9.17, 15) is 14.0 Å². The van der Waals surface area contributed by atoms with Crippen molar-refractivity contribution in [3.63, 3.8) is 0 Å². The van der Waals surface area contributed by atoms with Crippen molar-refractivity contribution in [2.24, 2.45) is 0 Å². The van der Waals surface area contributed by atoms with Gasteiger partial charge in [-0.1, -0.05) is 18.2 Å². The quantitative estimate of drug-likeness (QED) is 0.745. The van der Waals surface area contributed by atoms with Gasteiger partial charge in [-0.05, 0) is 43.2 Å². The molecule has 0 saturated heterocycles. The molecule has 0 fully saturated rings. The lowest BCUT2D eigenvalue weighted by Gasteiger charge is -2.19. The van der Waals surface area contributed by atoms with Gasteiger partial charge in [-0.15, -0.1) is 0 Å². The SMILES string of the molecule is Cc1cccc(C)c1N1C(=O)c2ccc(F)cc2C1=O. The highest BCUT2D eigenvalue weighted by atomic mass is 19.1. The first kappa shape index (κ1) is 12.5. The lowest BCUT2D eigenvalue weighted by atomic mass is 10.1. The molecule has 0 atom stereocenters. The Morgan fingerprint density at radius 1 is 0.900 bits per heavy atom. The molecule has 2 amide bonds. The molecular weight excluding hydrogens is 257 g/mol. The Morgan fingerprint density at radius 2 is 1.50 bits per heavy atom. The van der Waals surface area contributed by atoms with Crippen LogP contribution in [0.2, 0.25) is 0 Å². The van der Waals surface area contributed by atoms with Crippen LogP contribution in [0.15, 0.2) is 36.4 Å². The number of imide groups is 1. The van der Waals surface area contributed by atoms with Crippen molar-refractivity contribution in [3.05, 3.63) is 64.5 Å². The summed E-state index contributed by atoms with van der Waals surface area (Å²) in [6.45, 7) is 3.68. The number of benzene rings is 2. The number of hydrogen-bond donors (Lipinski definition) is 0. The average Bonchev–Trinajstić information content (AvgIpc) is 2.63. The standard InChI is InChI=1S/C16H12FNO2/c1-9-4-3-5-10(2)14(9)18-15(19)12-7-6-11(17)8-13(12)16(18)20/h3-8H,1-2H3. The smallest absolute Gasteiger partial charge is 0.266 e. The van der Waals surface area contributed by atoms with Crippen LogP contribution in [0.3, 0.4) is 0 Å². The number of fused-ring (bicyclic) bond motifs is 1. The van der Waals surface area contributed by atoms with Gasteiger partial charge in [0.25, 0.3) is 11.8 Å². The average molecular weight is 269 g/mol. The van der Waals surface area contributed by atoms with Crippen LogP contribution in [0.25, 0.3) is 0 Å². The van der Waals surface area contributed by atoms with Crippen LogP contribution in [-0.2, 0) is 0 Å². The van der Waals surface area contributed by atoms with Gasteiger partial charge < -0.3 is 0 Å². The van der Waals surface area contributed by atoms with Gasteiger partial charge >= 0.3 is 0 Å². The first-order chi connectivity index (χ1) is 9.50. The van der Waals surface area contributed by atoms with E-state index in [0.717, 1.165) is 22.1 Å². The zero-order valence-corrected chi connectivity index (χ0v) is 11.1. The van der Waals surface area contributed by atoms with Crippen LogP contribution >= 0.6 is 0 Å². The van der Waals surface area contributed by atoms with Crippen LogP contribution in [0.4, 0.5) is 10.1 Å². The summed E-state index contributed by atoms with van der Waals surface area (Å²) in [6, 6.07) is 9.21. The summed E-state index contributed by atoms with van der Waals surface area (Å²) in [4.78, 5) is 25.9. The first-order valence-corrected chi connectivity index (χ1v) is 6.25. The minimum atomic E-state index is -0.520. The summed E-state index contributed by atoms with van der Waals surface area (Å²) >= 11 is 0. The Hall–Kier alpha value is -2.49. The largest absolute Gasteiger partial charge is 0.268 e. The fraction of sp³-hybridized carbons (Fsp3) is 0.125. The van der Waals surface area contributed by atoms with E-state index in [0.29, 0.717) is 5.69 Å². The molecule has 3 rings (SSSR count). The molecule has 4 heteroatoms. The summed E-state index contributed by atoms with van der Waals surface area (Å²) in [6.07, 6.45) is 0. The predicted octanol–water partition coefficient (Wildman–Crippen LogP) is 3.24. The van der Waals surface area contributed by atoms with E-state index < -0.39 is 17.6 Å². The van der Waals surface area contributed by atoms with Crippen molar-refractivity contribution in [1.82, 2.24) is 0 Å². The minimum absolute atomic E-state index is 0.123. The van der Waals surface area contributed by atoms with Crippen molar-refractivity contribution in [2.45, 2.75) is 13.8 Å². The van der Waals surface area contributed by atoms with Gasteiger partial charge in [0.05, 0.1) is 16.8 Å². The van der Waals surface area contributed by atoms with E-state index in [1.807, 2.05) is 32.0 Å². The van der Waals surface area contributed by atoms with Gasteiger partial charge in [-0.25, -0.2) is 9.29 Å². The molecule has 0 spiro atoms. The molecule has 20 heavy (non-hydrogen) atoms. The number of anilines is 1. The van der Waals surface area contributed by atoms with E-state index >= 15 is 0 Å². The van der Waals surface area contributed by atoms with Crippen molar-refractivity contribution in [3.8, 4) is 0 Å². The zero-order chi connectivity index (χ0) is 14.4. The minimum Gasteiger partial charge on any atom is -0.268 e. The van der Waals surface area contributed by atoms with Crippen LogP contribution < -0.4 is 4.90 Å². The normalized spacial score (nSPS) is 13.8. The van der Waals surface area contributed by atoms with Crippen LogP contribution in [-0.4, -0.2) is 11.8 Å². The van der Waals surface area contributed by atoms with Crippen LogP contribution in [0, 0.1) is 19.7 Å². The maximum absolute atomic E-state index is 13.3. The Labute approximate surface area is 115 Å². The number of rotatable bonds is 1. The second-order valence-corrected chi connectivity index (χ2v) is 4.88. The molecule has 0 radical (unpaired) electrons. The summed E-state index contributed by atoms with van der Waals surface area (Å²) in [5, 5.41) is 0. The van der Waals surface area contributed by atoms with Gasteiger partial charge in [-0.3, -0.25) is 9.59 Å². The molecule has 1 aliphatic heterocycles. The van der Waals surface area contributed by atoms with Gasteiger partial charge in [0.1, 0.15) is 5.82 Å². The highest BCUT2D eigenvalue weighted by Crippen LogP contribution is 2.33. The highest BCUT2D eigenvalue weighted by molar-refractivity contribution is 6.34.